The molecule has 0 saturated heterocycles. The van der Waals surface area contributed by atoms with E-state index in [-0.39, 0.29) is 5.88 Å². The number of halogens is 1. The summed E-state index contributed by atoms with van der Waals surface area (Å²) in [7, 11) is -1.32. The van der Waals surface area contributed by atoms with Crippen molar-refractivity contribution in [2.75, 3.05) is 14.1 Å². The van der Waals surface area contributed by atoms with E-state index in [1.165, 1.54) is 11.0 Å². The fourth-order valence-corrected chi connectivity index (χ4v) is 1.39. The topological polar surface area (TPSA) is 81.7 Å². The van der Waals surface area contributed by atoms with Crippen LogP contribution < -0.4 is 14.0 Å². The highest BCUT2D eigenvalue weighted by molar-refractivity contribution is 5.50. The molecule has 16 heavy (non-hydrogen) atoms. The molecular weight excluding hydrogens is 234 g/mol. The van der Waals surface area contributed by atoms with Crippen LogP contribution in [0.15, 0.2) is 36.2 Å². The molecule has 0 fully saturated rings. The Balaban J connectivity index is 2.90. The van der Waals surface area contributed by atoms with Gasteiger partial charge < -0.3 is 4.90 Å². The minimum atomic E-state index is -4.47. The Morgan fingerprint density at radius 1 is 1.19 bits per heavy atom. The predicted molar refractivity (Wildman–Crippen MR) is 49.2 cm³/mol. The Labute approximate surface area is 95.9 Å². The maximum Gasteiger partial charge on any atom is 0.357 e. The summed E-state index contributed by atoms with van der Waals surface area (Å²) in [6.45, 7) is 0. The van der Waals surface area contributed by atoms with Crippen molar-refractivity contribution in [1.29, 1.82) is 0 Å². The van der Waals surface area contributed by atoms with Gasteiger partial charge in [0.05, 0.1) is 0 Å². The molecule has 1 aromatic carbocycles. The van der Waals surface area contributed by atoms with Crippen molar-refractivity contribution in [3.05, 3.63) is 41.8 Å². The highest BCUT2D eigenvalue weighted by Crippen LogP contribution is 2.12. The van der Waals surface area contributed by atoms with Gasteiger partial charge in [-0.25, -0.2) is 0 Å². The number of benzene rings is 1. The molecule has 0 aliphatic carbocycles. The monoisotopic (exact) mass is 245 g/mol. The summed E-state index contributed by atoms with van der Waals surface area (Å²) in [4.78, 5) is 1.40. The van der Waals surface area contributed by atoms with Crippen molar-refractivity contribution in [3.63, 3.8) is 0 Å². The molecule has 0 atom stereocenters. The second-order valence-electron chi connectivity index (χ2n) is 3.24. The van der Waals surface area contributed by atoms with Crippen molar-refractivity contribution in [2.24, 2.45) is 0 Å². The fraction of sp³-hybridized carbons (Fsp3) is 0.200. The van der Waals surface area contributed by atoms with E-state index in [0.717, 1.165) is 5.56 Å². The maximum absolute atomic E-state index is 10.5. The van der Waals surface area contributed by atoms with Crippen LogP contribution >= 0.6 is 0 Å². The molecule has 6 heteroatoms. The van der Waals surface area contributed by atoms with Crippen molar-refractivity contribution in [2.45, 2.75) is 0 Å². The van der Waals surface area contributed by atoms with Gasteiger partial charge in [-0.05, 0) is 9.85 Å². The minimum Gasteiger partial charge on any atom is -0.336 e. The Hall–Kier alpha value is -1.27. The molecule has 0 spiro atoms. The van der Waals surface area contributed by atoms with Crippen LogP contribution in [0.1, 0.15) is 5.56 Å². The van der Waals surface area contributed by atoms with Crippen molar-refractivity contribution < 1.29 is 28.5 Å². The highest BCUT2D eigenvalue weighted by atomic mass is 35.7. The van der Waals surface area contributed by atoms with Crippen LogP contribution in [0, 0.1) is 10.2 Å². The smallest absolute Gasteiger partial charge is 0.336 e. The first-order valence-electron chi connectivity index (χ1n) is 4.43. The zero-order chi connectivity index (χ0) is 12.2. The zero-order valence-electron chi connectivity index (χ0n) is 8.92. The number of nitrogens with zero attached hydrogens (tertiary/aromatic N) is 1. The van der Waals surface area contributed by atoms with E-state index in [9.17, 15) is 14.0 Å². The van der Waals surface area contributed by atoms with Gasteiger partial charge in [0.15, 0.2) is 0 Å². The summed E-state index contributed by atoms with van der Waals surface area (Å²) in [5.74, 6) is -0.0390. The molecule has 1 rings (SSSR count). The average molecular weight is 246 g/mol. The van der Waals surface area contributed by atoms with Gasteiger partial charge in [-0.15, -0.1) is 0 Å². The molecule has 0 radical (unpaired) electrons. The third kappa shape index (κ3) is 4.50. The molecule has 0 N–H and O–H groups in total. The lowest BCUT2D eigenvalue weighted by Gasteiger charge is -2.17. The van der Waals surface area contributed by atoms with E-state index >= 15 is 0 Å². The SMILES string of the molecule is CN(C)C(=Cc1ccccc1)O[Cl+3]([O-])([O-])[O-]. The Kier molecular flexibility index (Phi) is 4.14. The lowest BCUT2D eigenvalue weighted by atomic mass is 10.2. The molecular formula is C10H12ClNO4. The third-order valence-corrected chi connectivity index (χ3v) is 2.05. The van der Waals surface area contributed by atoms with Crippen molar-refractivity contribution >= 4 is 6.08 Å². The van der Waals surface area contributed by atoms with Gasteiger partial charge in [-0.3, -0.25) is 0 Å². The molecule has 0 unspecified atom stereocenters. The molecule has 0 heterocycles. The van der Waals surface area contributed by atoms with E-state index in [0.29, 0.717) is 0 Å². The normalized spacial score (nSPS) is 12.4. The summed E-state index contributed by atoms with van der Waals surface area (Å²) in [6, 6.07) is 8.95. The second kappa shape index (κ2) is 5.18. The van der Waals surface area contributed by atoms with E-state index in [1.54, 1.807) is 38.4 Å². The number of rotatable bonds is 4. The van der Waals surface area contributed by atoms with Crippen LogP contribution in [0.3, 0.4) is 0 Å². The first-order valence-corrected chi connectivity index (χ1v) is 5.66. The average Bonchev–Trinajstić information content (AvgIpc) is 2.16. The molecule has 0 saturated carbocycles. The zero-order valence-corrected chi connectivity index (χ0v) is 9.68. The van der Waals surface area contributed by atoms with Gasteiger partial charge in [0.1, 0.15) is 10.2 Å². The van der Waals surface area contributed by atoms with Crippen molar-refractivity contribution in [3.8, 4) is 0 Å². The molecule has 5 nitrogen and oxygen atoms in total. The van der Waals surface area contributed by atoms with E-state index in [2.05, 4.69) is 4.29 Å². The van der Waals surface area contributed by atoms with E-state index in [1.807, 2.05) is 6.07 Å². The number of hydrogen-bond donors (Lipinski definition) is 0. The number of hydrogen-bond acceptors (Lipinski definition) is 5. The van der Waals surface area contributed by atoms with Crippen LogP contribution in [-0.4, -0.2) is 19.0 Å². The summed E-state index contributed by atoms with van der Waals surface area (Å²) in [5, 5.41) is 0. The Bertz CT molecular complexity index is 359. The molecule has 0 aliphatic heterocycles. The second-order valence-corrected chi connectivity index (χ2v) is 4.15. The quantitative estimate of drug-likeness (QED) is 0.601. The first-order chi connectivity index (χ1) is 7.38. The molecule has 88 valence electrons. The van der Waals surface area contributed by atoms with Crippen LogP contribution in [-0.2, 0) is 4.29 Å². The summed E-state index contributed by atoms with van der Waals surface area (Å²) < 4.78 is 35.7. The van der Waals surface area contributed by atoms with Crippen LogP contribution in [0.5, 0.6) is 0 Å². The Morgan fingerprint density at radius 2 is 1.75 bits per heavy atom. The predicted octanol–water partition coefficient (Wildman–Crippen LogP) is -1.54. The molecule has 0 aliphatic rings. The lowest BCUT2D eigenvalue weighted by molar-refractivity contribution is -1.92. The first kappa shape index (κ1) is 12.8. The fourth-order valence-electron chi connectivity index (χ4n) is 1.01. The van der Waals surface area contributed by atoms with Gasteiger partial charge in [-0.1, -0.05) is 30.3 Å². The van der Waals surface area contributed by atoms with Crippen LogP contribution in [0.2, 0.25) is 0 Å². The molecule has 0 amide bonds. The third-order valence-electron chi connectivity index (χ3n) is 1.70. The molecule has 0 aromatic heterocycles. The maximum atomic E-state index is 10.5. The largest absolute Gasteiger partial charge is 0.357 e. The van der Waals surface area contributed by atoms with Crippen molar-refractivity contribution in [1.82, 2.24) is 4.90 Å². The van der Waals surface area contributed by atoms with Gasteiger partial charge in [0.2, 0.25) is 0 Å². The lowest BCUT2D eigenvalue weighted by Crippen LogP contribution is -2.61. The summed E-state index contributed by atoms with van der Waals surface area (Å²) in [5.41, 5.74) is 0.741. The molecule has 0 bridgehead atoms. The minimum absolute atomic E-state index is 0.0390. The van der Waals surface area contributed by atoms with Gasteiger partial charge in [0.25, 0.3) is 0 Å². The summed E-state index contributed by atoms with van der Waals surface area (Å²) in [6.07, 6.45) is 1.46. The van der Waals surface area contributed by atoms with Crippen LogP contribution in [0.4, 0.5) is 0 Å². The highest BCUT2D eigenvalue weighted by Gasteiger charge is 2.23. The van der Waals surface area contributed by atoms with Gasteiger partial charge in [0, 0.05) is 20.2 Å². The van der Waals surface area contributed by atoms with Gasteiger partial charge in [-0.2, -0.15) is 14.0 Å². The van der Waals surface area contributed by atoms with E-state index in [4.69, 9.17) is 0 Å². The van der Waals surface area contributed by atoms with Gasteiger partial charge >= 0.3 is 5.88 Å². The summed E-state index contributed by atoms with van der Waals surface area (Å²) >= 11 is 0. The Morgan fingerprint density at radius 3 is 2.19 bits per heavy atom. The molecule has 1 aromatic rings. The van der Waals surface area contributed by atoms with E-state index < -0.39 is 10.2 Å². The van der Waals surface area contributed by atoms with Crippen LogP contribution in [0.25, 0.3) is 6.08 Å². The standard InChI is InChI=1S/C10H12ClNO4/c1-12(2)10(16-11(13,14)15)8-9-6-4-3-5-7-9/h3-8H,1-2H3.